The first-order chi connectivity index (χ1) is 26.0. The Bertz CT molecular complexity index is 2780. The minimum absolute atomic E-state index is 0.205. The fourth-order valence-electron chi connectivity index (χ4n) is 8.44. The summed E-state index contributed by atoms with van der Waals surface area (Å²) in [5, 5.41) is 2.70. The van der Waals surface area contributed by atoms with Crippen molar-refractivity contribution < 1.29 is 0 Å². The predicted molar refractivity (Wildman–Crippen MR) is 228 cm³/mol. The van der Waals surface area contributed by atoms with E-state index in [1.54, 1.807) is 0 Å². The second-order valence-electron chi connectivity index (χ2n) is 14.5. The standard InChI is InChI=1S/C51H37NS/c1-51(2)44-32-41(29-30-42(44)49-45(51)33-47-50(43-23-12-13-24-46(43)53-47)48(49)37-19-10-5-11-20-37)52(39-27-25-36(26-28-39)34-15-6-3-7-16-34)40-22-14-21-38(31-40)35-17-8-4-9-18-35/h3-33H,1-2H3. The van der Waals surface area contributed by atoms with Crippen LogP contribution in [0.4, 0.5) is 17.1 Å². The molecule has 0 bridgehead atoms. The fraction of sp³-hybridized carbons (Fsp3) is 0.0588. The van der Waals surface area contributed by atoms with Crippen LogP contribution >= 0.6 is 11.3 Å². The monoisotopic (exact) mass is 695 g/mol. The third kappa shape index (κ3) is 5.21. The van der Waals surface area contributed by atoms with Crippen LogP contribution < -0.4 is 4.90 Å². The number of benzene rings is 8. The SMILES string of the molecule is CC1(C)c2cc(N(c3ccc(-c4ccccc4)cc3)c3cccc(-c4ccccc4)c3)ccc2-c2c1cc1sc3ccccc3c1c2-c1ccccc1. The van der Waals surface area contributed by atoms with Gasteiger partial charge in [-0.2, -0.15) is 0 Å². The normalized spacial score (nSPS) is 12.9. The Morgan fingerprint density at radius 3 is 1.68 bits per heavy atom. The zero-order valence-corrected chi connectivity index (χ0v) is 30.6. The average Bonchev–Trinajstić information content (AvgIpc) is 3.70. The molecule has 1 aliphatic rings. The Morgan fingerprint density at radius 1 is 0.396 bits per heavy atom. The molecule has 0 amide bonds. The predicted octanol–water partition coefficient (Wildman–Crippen LogP) is 14.8. The van der Waals surface area contributed by atoms with Crippen molar-refractivity contribution in [3.05, 3.63) is 199 Å². The largest absolute Gasteiger partial charge is 0.310 e. The first-order valence-corrected chi connectivity index (χ1v) is 19.2. The van der Waals surface area contributed by atoms with Crippen LogP contribution in [-0.4, -0.2) is 0 Å². The van der Waals surface area contributed by atoms with Gasteiger partial charge in [-0.15, -0.1) is 11.3 Å². The second-order valence-corrected chi connectivity index (χ2v) is 15.6. The summed E-state index contributed by atoms with van der Waals surface area (Å²) in [6.45, 7) is 4.81. The minimum atomic E-state index is -0.205. The number of nitrogens with zero attached hydrogens (tertiary/aromatic N) is 1. The summed E-state index contributed by atoms with van der Waals surface area (Å²) in [6.07, 6.45) is 0. The number of fused-ring (bicyclic) bond motifs is 6. The lowest BCUT2D eigenvalue weighted by atomic mass is 9.81. The van der Waals surface area contributed by atoms with Crippen LogP contribution in [0.25, 0.3) is 64.7 Å². The summed E-state index contributed by atoms with van der Waals surface area (Å²) in [4.78, 5) is 2.42. The molecule has 0 saturated heterocycles. The van der Waals surface area contributed by atoms with E-state index < -0.39 is 0 Å². The highest BCUT2D eigenvalue weighted by Crippen LogP contribution is 2.57. The summed E-state index contributed by atoms with van der Waals surface area (Å²) in [6, 6.07) is 68.8. The minimum Gasteiger partial charge on any atom is -0.310 e. The lowest BCUT2D eigenvalue weighted by Gasteiger charge is -2.28. The van der Waals surface area contributed by atoms with Crippen molar-refractivity contribution in [3.63, 3.8) is 0 Å². The Labute approximate surface area is 315 Å². The second kappa shape index (κ2) is 12.5. The molecular formula is C51H37NS. The van der Waals surface area contributed by atoms with E-state index in [0.29, 0.717) is 0 Å². The number of hydrogen-bond acceptors (Lipinski definition) is 2. The third-order valence-electron chi connectivity index (χ3n) is 11.1. The van der Waals surface area contributed by atoms with Crippen molar-refractivity contribution in [2.45, 2.75) is 19.3 Å². The van der Waals surface area contributed by atoms with Crippen molar-refractivity contribution in [2.24, 2.45) is 0 Å². The molecule has 2 heteroatoms. The van der Waals surface area contributed by atoms with Crippen LogP contribution in [0.1, 0.15) is 25.0 Å². The molecular weight excluding hydrogens is 659 g/mol. The highest BCUT2D eigenvalue weighted by molar-refractivity contribution is 7.26. The highest BCUT2D eigenvalue weighted by Gasteiger charge is 2.39. The summed E-state index contributed by atoms with van der Waals surface area (Å²) in [7, 11) is 0. The Morgan fingerprint density at radius 2 is 0.962 bits per heavy atom. The molecule has 0 radical (unpaired) electrons. The Kier molecular flexibility index (Phi) is 7.42. The van der Waals surface area contributed by atoms with Crippen LogP contribution in [0.5, 0.6) is 0 Å². The van der Waals surface area contributed by atoms with Crippen LogP contribution in [0.3, 0.4) is 0 Å². The Balaban J connectivity index is 1.18. The molecule has 53 heavy (non-hydrogen) atoms. The number of rotatable bonds is 6. The maximum absolute atomic E-state index is 2.49. The zero-order valence-electron chi connectivity index (χ0n) is 29.8. The molecule has 9 aromatic rings. The van der Waals surface area contributed by atoms with Crippen molar-refractivity contribution in [2.75, 3.05) is 4.90 Å². The van der Waals surface area contributed by atoms with E-state index in [1.807, 2.05) is 11.3 Å². The van der Waals surface area contributed by atoms with Gasteiger partial charge in [0.15, 0.2) is 0 Å². The maximum Gasteiger partial charge on any atom is 0.0467 e. The fourth-order valence-corrected chi connectivity index (χ4v) is 9.59. The van der Waals surface area contributed by atoms with E-state index in [9.17, 15) is 0 Å². The smallest absolute Gasteiger partial charge is 0.0467 e. The number of anilines is 3. The molecule has 252 valence electrons. The molecule has 0 saturated carbocycles. The zero-order chi connectivity index (χ0) is 35.5. The van der Waals surface area contributed by atoms with Gasteiger partial charge in [0.25, 0.3) is 0 Å². The molecule has 10 rings (SSSR count). The lowest BCUT2D eigenvalue weighted by molar-refractivity contribution is 0.661. The van der Waals surface area contributed by atoms with E-state index in [-0.39, 0.29) is 5.41 Å². The molecule has 1 nitrogen and oxygen atoms in total. The third-order valence-corrected chi connectivity index (χ3v) is 12.2. The molecule has 0 unspecified atom stereocenters. The molecule has 1 aliphatic carbocycles. The van der Waals surface area contributed by atoms with E-state index in [2.05, 4.69) is 207 Å². The van der Waals surface area contributed by atoms with Gasteiger partial charge in [0.2, 0.25) is 0 Å². The van der Waals surface area contributed by atoms with E-state index in [4.69, 9.17) is 0 Å². The molecule has 1 heterocycles. The van der Waals surface area contributed by atoms with Gasteiger partial charge in [-0.05, 0) is 104 Å². The topological polar surface area (TPSA) is 3.24 Å². The van der Waals surface area contributed by atoms with Gasteiger partial charge in [0, 0.05) is 42.6 Å². The highest BCUT2D eigenvalue weighted by atomic mass is 32.1. The van der Waals surface area contributed by atoms with Gasteiger partial charge in [-0.1, -0.05) is 153 Å². The van der Waals surface area contributed by atoms with Crippen molar-refractivity contribution in [3.8, 4) is 44.5 Å². The van der Waals surface area contributed by atoms with Gasteiger partial charge in [0.1, 0.15) is 0 Å². The lowest BCUT2D eigenvalue weighted by Crippen LogP contribution is -2.16. The van der Waals surface area contributed by atoms with E-state index in [0.717, 1.165) is 17.1 Å². The molecule has 0 aliphatic heterocycles. The first kappa shape index (κ1) is 31.5. The van der Waals surface area contributed by atoms with Crippen LogP contribution in [0, 0.1) is 0 Å². The van der Waals surface area contributed by atoms with Gasteiger partial charge >= 0.3 is 0 Å². The van der Waals surface area contributed by atoms with Crippen molar-refractivity contribution >= 4 is 48.6 Å². The van der Waals surface area contributed by atoms with Gasteiger partial charge in [-0.25, -0.2) is 0 Å². The van der Waals surface area contributed by atoms with Gasteiger partial charge in [0.05, 0.1) is 0 Å². The quantitative estimate of drug-likeness (QED) is 0.167. The number of thiophene rings is 1. The van der Waals surface area contributed by atoms with Gasteiger partial charge < -0.3 is 4.90 Å². The van der Waals surface area contributed by atoms with E-state index in [1.165, 1.54) is 75.8 Å². The molecule has 0 spiro atoms. The Hall–Kier alpha value is -6.22. The summed E-state index contributed by atoms with van der Waals surface area (Å²) < 4.78 is 2.69. The molecule has 1 aromatic heterocycles. The van der Waals surface area contributed by atoms with Crippen molar-refractivity contribution in [1.82, 2.24) is 0 Å². The molecule has 0 N–H and O–H groups in total. The van der Waals surface area contributed by atoms with Crippen LogP contribution in [-0.2, 0) is 5.41 Å². The van der Waals surface area contributed by atoms with E-state index >= 15 is 0 Å². The van der Waals surface area contributed by atoms with Crippen LogP contribution in [0.15, 0.2) is 188 Å². The summed E-state index contributed by atoms with van der Waals surface area (Å²) >= 11 is 1.91. The summed E-state index contributed by atoms with van der Waals surface area (Å²) in [5.74, 6) is 0. The van der Waals surface area contributed by atoms with Gasteiger partial charge in [-0.3, -0.25) is 0 Å². The van der Waals surface area contributed by atoms with Crippen LogP contribution in [0.2, 0.25) is 0 Å². The average molecular weight is 696 g/mol. The summed E-state index contributed by atoms with van der Waals surface area (Å²) in [5.41, 5.74) is 16.1. The number of hydrogen-bond donors (Lipinski definition) is 0. The maximum atomic E-state index is 2.49. The molecule has 0 fully saturated rings. The molecule has 8 aromatic carbocycles. The first-order valence-electron chi connectivity index (χ1n) is 18.3. The van der Waals surface area contributed by atoms with Crippen molar-refractivity contribution in [1.29, 1.82) is 0 Å². The molecule has 0 atom stereocenters.